The van der Waals surface area contributed by atoms with E-state index in [0.29, 0.717) is 11.1 Å². The standard InChI is InChI=1S/C15H11FO4.Na.H/c1-9(17)20-14-7-4-11(8-13(14)15(18)19)10-2-5-12(16)6-3-10;;/h2-8H,1H3,(H,18,19);;/q;+1;-1. The third-order valence-corrected chi connectivity index (χ3v) is 2.64. The smallest absolute Gasteiger partial charge is 1.00 e. The molecule has 0 spiro atoms. The zero-order valence-corrected chi connectivity index (χ0v) is 13.6. The molecule has 6 heteroatoms. The second-order valence-corrected chi connectivity index (χ2v) is 4.12. The number of hydrogen-bond donors (Lipinski definition) is 1. The summed E-state index contributed by atoms with van der Waals surface area (Å²) >= 11 is 0. The van der Waals surface area contributed by atoms with Crippen molar-refractivity contribution in [1.29, 1.82) is 0 Å². The third kappa shape index (κ3) is 4.39. The fourth-order valence-electron chi connectivity index (χ4n) is 1.76. The van der Waals surface area contributed by atoms with E-state index < -0.39 is 11.9 Å². The quantitative estimate of drug-likeness (QED) is 0.501. The molecule has 0 atom stereocenters. The van der Waals surface area contributed by atoms with Crippen LogP contribution in [0.15, 0.2) is 42.5 Å². The number of hydrogen-bond acceptors (Lipinski definition) is 3. The van der Waals surface area contributed by atoms with E-state index in [0.717, 1.165) is 0 Å². The summed E-state index contributed by atoms with van der Waals surface area (Å²) < 4.78 is 17.7. The van der Waals surface area contributed by atoms with Gasteiger partial charge in [-0.05, 0) is 35.4 Å². The average molecular weight is 298 g/mol. The van der Waals surface area contributed by atoms with E-state index in [1.165, 1.54) is 31.2 Å². The Balaban J connectivity index is 0.00000220. The Morgan fingerprint density at radius 3 is 2.19 bits per heavy atom. The summed E-state index contributed by atoms with van der Waals surface area (Å²) in [7, 11) is 0. The molecule has 0 bridgehead atoms. The van der Waals surface area contributed by atoms with Gasteiger partial charge in [-0.25, -0.2) is 9.18 Å². The van der Waals surface area contributed by atoms with Crippen LogP contribution in [-0.4, -0.2) is 17.0 Å². The number of carbonyl (C=O) groups excluding carboxylic acids is 1. The fourth-order valence-corrected chi connectivity index (χ4v) is 1.76. The maximum Gasteiger partial charge on any atom is 1.00 e. The first-order valence-electron chi connectivity index (χ1n) is 5.79. The van der Waals surface area contributed by atoms with Crippen molar-refractivity contribution >= 4 is 11.9 Å². The number of halogens is 1. The van der Waals surface area contributed by atoms with Gasteiger partial charge in [-0.1, -0.05) is 18.2 Å². The maximum absolute atomic E-state index is 12.9. The SMILES string of the molecule is CC(=O)Oc1ccc(-c2ccc(F)cc2)cc1C(=O)O.[H-].[Na+]. The molecule has 0 saturated carbocycles. The molecule has 1 N–H and O–H groups in total. The van der Waals surface area contributed by atoms with E-state index in [1.54, 1.807) is 18.2 Å². The predicted molar refractivity (Wildman–Crippen MR) is 71.2 cm³/mol. The number of ether oxygens (including phenoxy) is 1. The summed E-state index contributed by atoms with van der Waals surface area (Å²) in [6.07, 6.45) is 0. The molecule has 0 aliphatic carbocycles. The summed E-state index contributed by atoms with van der Waals surface area (Å²) in [5, 5.41) is 9.14. The van der Waals surface area contributed by atoms with Crippen LogP contribution < -0.4 is 34.3 Å². The second-order valence-electron chi connectivity index (χ2n) is 4.12. The monoisotopic (exact) mass is 298 g/mol. The van der Waals surface area contributed by atoms with Gasteiger partial charge in [0.05, 0.1) is 0 Å². The van der Waals surface area contributed by atoms with Gasteiger partial charge in [0, 0.05) is 6.92 Å². The Hall–Kier alpha value is -1.69. The molecule has 0 unspecified atom stereocenters. The van der Waals surface area contributed by atoms with Crippen LogP contribution in [0.2, 0.25) is 0 Å². The van der Waals surface area contributed by atoms with Crippen molar-refractivity contribution in [2.45, 2.75) is 6.92 Å². The molecule has 0 aliphatic heterocycles. The number of benzene rings is 2. The van der Waals surface area contributed by atoms with E-state index in [9.17, 15) is 14.0 Å². The van der Waals surface area contributed by atoms with Crippen LogP contribution in [0.3, 0.4) is 0 Å². The van der Waals surface area contributed by atoms with Crippen molar-refractivity contribution in [2.75, 3.05) is 0 Å². The molecular weight excluding hydrogens is 286 g/mol. The van der Waals surface area contributed by atoms with Crippen molar-refractivity contribution in [3.05, 3.63) is 53.8 Å². The molecule has 0 saturated heterocycles. The molecule has 2 rings (SSSR count). The van der Waals surface area contributed by atoms with Crippen molar-refractivity contribution in [3.8, 4) is 16.9 Å². The minimum Gasteiger partial charge on any atom is -1.00 e. The van der Waals surface area contributed by atoms with Gasteiger partial charge in [-0.3, -0.25) is 4.79 Å². The Labute approximate surface area is 144 Å². The number of rotatable bonds is 3. The van der Waals surface area contributed by atoms with Gasteiger partial charge in [-0.2, -0.15) is 0 Å². The van der Waals surface area contributed by atoms with E-state index in [2.05, 4.69) is 0 Å². The summed E-state index contributed by atoms with van der Waals surface area (Å²) in [5.41, 5.74) is 1.14. The Morgan fingerprint density at radius 1 is 1.10 bits per heavy atom. The summed E-state index contributed by atoms with van der Waals surface area (Å²) in [4.78, 5) is 22.1. The van der Waals surface area contributed by atoms with E-state index >= 15 is 0 Å². The number of carbonyl (C=O) groups is 2. The molecule has 0 aliphatic rings. The van der Waals surface area contributed by atoms with Gasteiger partial charge in [0.15, 0.2) is 0 Å². The van der Waals surface area contributed by atoms with Crippen molar-refractivity contribution in [2.24, 2.45) is 0 Å². The maximum atomic E-state index is 12.9. The van der Waals surface area contributed by atoms with Gasteiger partial charge in [-0.15, -0.1) is 0 Å². The topological polar surface area (TPSA) is 63.6 Å². The summed E-state index contributed by atoms with van der Waals surface area (Å²) in [6, 6.07) is 10.1. The second kappa shape index (κ2) is 7.36. The van der Waals surface area contributed by atoms with Gasteiger partial charge in [0.2, 0.25) is 0 Å². The first-order chi connectivity index (χ1) is 9.47. The fraction of sp³-hybridized carbons (Fsp3) is 0.0667. The van der Waals surface area contributed by atoms with Gasteiger partial charge >= 0.3 is 41.5 Å². The Morgan fingerprint density at radius 2 is 1.67 bits per heavy atom. The summed E-state index contributed by atoms with van der Waals surface area (Å²) in [6.45, 7) is 1.19. The van der Waals surface area contributed by atoms with Gasteiger partial charge in [0.25, 0.3) is 0 Å². The molecule has 0 heterocycles. The Kier molecular flexibility index (Phi) is 6.08. The van der Waals surface area contributed by atoms with Crippen LogP contribution in [0.1, 0.15) is 18.7 Å². The number of carboxylic acids is 1. The van der Waals surface area contributed by atoms with Crippen LogP contribution >= 0.6 is 0 Å². The largest absolute Gasteiger partial charge is 1.00 e. The van der Waals surface area contributed by atoms with Crippen LogP contribution in [-0.2, 0) is 4.79 Å². The molecular formula is C15H12FNaO4. The average Bonchev–Trinajstić information content (AvgIpc) is 2.39. The zero-order valence-electron chi connectivity index (χ0n) is 12.6. The van der Waals surface area contributed by atoms with Crippen LogP contribution in [0.5, 0.6) is 5.75 Å². The number of esters is 1. The van der Waals surface area contributed by atoms with Gasteiger partial charge in [0.1, 0.15) is 17.1 Å². The third-order valence-electron chi connectivity index (χ3n) is 2.64. The molecule has 0 fully saturated rings. The normalized spacial score (nSPS) is 9.62. The van der Waals surface area contributed by atoms with Crippen LogP contribution in [0.25, 0.3) is 11.1 Å². The van der Waals surface area contributed by atoms with E-state index in [-0.39, 0.29) is 48.1 Å². The molecule has 2 aromatic carbocycles. The molecule has 0 amide bonds. The minimum absolute atomic E-state index is 0. The van der Waals surface area contributed by atoms with Crippen molar-refractivity contribution in [3.63, 3.8) is 0 Å². The molecule has 21 heavy (non-hydrogen) atoms. The summed E-state index contributed by atoms with van der Waals surface area (Å²) in [5.74, 6) is -2.19. The Bertz CT molecular complexity index is 674. The minimum atomic E-state index is -1.20. The van der Waals surface area contributed by atoms with Crippen molar-refractivity contribution in [1.82, 2.24) is 0 Å². The number of carboxylic acid groups (broad SMARTS) is 1. The van der Waals surface area contributed by atoms with E-state index in [4.69, 9.17) is 9.84 Å². The molecule has 104 valence electrons. The first kappa shape index (κ1) is 17.4. The number of aromatic carboxylic acids is 1. The predicted octanol–water partition coefficient (Wildman–Crippen LogP) is 0.233. The van der Waals surface area contributed by atoms with Crippen LogP contribution in [0, 0.1) is 5.82 Å². The first-order valence-corrected chi connectivity index (χ1v) is 5.79. The molecule has 0 aromatic heterocycles. The molecule has 2 aromatic rings. The molecule has 4 nitrogen and oxygen atoms in total. The van der Waals surface area contributed by atoms with E-state index in [1.807, 2.05) is 0 Å². The van der Waals surface area contributed by atoms with Crippen molar-refractivity contribution < 1.29 is 54.8 Å². The zero-order chi connectivity index (χ0) is 14.7. The van der Waals surface area contributed by atoms with Gasteiger partial charge < -0.3 is 11.3 Å². The molecule has 0 radical (unpaired) electrons. The van der Waals surface area contributed by atoms with Crippen LogP contribution in [0.4, 0.5) is 4.39 Å².